The van der Waals surface area contributed by atoms with Crippen LogP contribution in [0.1, 0.15) is 43.0 Å². The minimum Gasteiger partial charge on any atom is -0.444 e. The molecule has 182 valence electrons. The number of anilines is 1. The summed E-state index contributed by atoms with van der Waals surface area (Å²) in [6.07, 6.45) is 0.871. The van der Waals surface area contributed by atoms with Crippen molar-refractivity contribution >= 4 is 11.9 Å². The second kappa shape index (κ2) is 8.04. The van der Waals surface area contributed by atoms with Gasteiger partial charge in [0.1, 0.15) is 12.5 Å². The number of halogens is 3. The normalized spacial score (nSPS) is 23.8. The highest BCUT2D eigenvalue weighted by Crippen LogP contribution is 2.48. The average Bonchev–Trinajstić information content (AvgIpc) is 3.59. The zero-order chi connectivity index (χ0) is 24.2. The molecule has 2 atom stereocenters. The third kappa shape index (κ3) is 3.65. The average molecular weight is 485 g/mol. The number of piperidine rings is 1. The number of carbonyl (C=O) groups is 1. The molecule has 0 N–H and O–H groups in total. The van der Waals surface area contributed by atoms with Crippen molar-refractivity contribution in [3.8, 4) is 11.5 Å². The molecule has 8 nitrogen and oxygen atoms in total. The lowest BCUT2D eigenvalue weighted by Crippen LogP contribution is -2.50. The van der Waals surface area contributed by atoms with Crippen LogP contribution in [0.3, 0.4) is 0 Å². The fourth-order valence-electron chi connectivity index (χ4n) is 5.37. The molecule has 0 bridgehead atoms. The van der Waals surface area contributed by atoms with Crippen molar-refractivity contribution in [3.05, 3.63) is 60.2 Å². The molecule has 0 unspecified atom stereocenters. The van der Waals surface area contributed by atoms with Crippen LogP contribution >= 0.6 is 0 Å². The number of nitrogens with zero attached hydrogens (tertiary/aromatic N) is 5. The number of benzene rings is 1. The first-order valence-electron chi connectivity index (χ1n) is 11.5. The van der Waals surface area contributed by atoms with Crippen LogP contribution in [-0.4, -0.2) is 50.7 Å². The predicted molar refractivity (Wildman–Crippen MR) is 117 cm³/mol. The van der Waals surface area contributed by atoms with Crippen molar-refractivity contribution in [2.75, 3.05) is 18.0 Å². The molecule has 11 heteroatoms. The molecule has 1 amide bonds. The quantitative estimate of drug-likeness (QED) is 0.550. The second-order valence-electron chi connectivity index (χ2n) is 9.04. The number of aromatic nitrogens is 3. The molecule has 0 saturated carbocycles. The molecule has 2 aromatic heterocycles. The van der Waals surface area contributed by atoms with E-state index in [0.717, 1.165) is 24.6 Å². The summed E-state index contributed by atoms with van der Waals surface area (Å²) in [5.41, 5.74) is -1.30. The van der Waals surface area contributed by atoms with Crippen LogP contribution in [0, 0.1) is 0 Å². The molecule has 3 fully saturated rings. The van der Waals surface area contributed by atoms with E-state index in [1.54, 1.807) is 4.90 Å². The lowest BCUT2D eigenvalue weighted by molar-refractivity contribution is -0.140. The zero-order valence-corrected chi connectivity index (χ0v) is 18.6. The van der Waals surface area contributed by atoms with Crippen molar-refractivity contribution in [2.45, 2.75) is 49.7 Å². The van der Waals surface area contributed by atoms with Crippen molar-refractivity contribution in [1.82, 2.24) is 19.9 Å². The van der Waals surface area contributed by atoms with Gasteiger partial charge in [-0.2, -0.15) is 13.2 Å². The van der Waals surface area contributed by atoms with Crippen LogP contribution in [-0.2, 0) is 15.7 Å². The summed E-state index contributed by atoms with van der Waals surface area (Å²) in [5, 5.41) is 0. The van der Waals surface area contributed by atoms with Gasteiger partial charge in [-0.15, -0.1) is 0 Å². The molecule has 0 radical (unpaired) electrons. The lowest BCUT2D eigenvalue weighted by Gasteiger charge is -2.37. The number of carbonyl (C=O) groups excluding carboxylic acids is 1. The van der Waals surface area contributed by atoms with Gasteiger partial charge in [0.05, 0.1) is 17.8 Å². The van der Waals surface area contributed by atoms with Gasteiger partial charge < -0.3 is 19.0 Å². The SMILES string of the molecule is O=C1N2[C@@H](CC[C@H]2c2ccccc2)OC12CCN(c1ncc(-c3ncco3)c(C(F)(F)F)n1)CC2. The smallest absolute Gasteiger partial charge is 0.434 e. The summed E-state index contributed by atoms with van der Waals surface area (Å²) >= 11 is 0. The Morgan fingerprint density at radius 2 is 1.83 bits per heavy atom. The fourth-order valence-corrected chi connectivity index (χ4v) is 5.37. The van der Waals surface area contributed by atoms with Crippen molar-refractivity contribution in [2.24, 2.45) is 0 Å². The molecule has 6 rings (SSSR count). The molecular formula is C24H22F3N5O3. The largest absolute Gasteiger partial charge is 0.444 e. The number of alkyl halides is 3. The molecule has 3 aliphatic heterocycles. The highest BCUT2D eigenvalue weighted by Gasteiger charge is 2.58. The Bertz CT molecular complexity index is 1230. The number of oxazole rings is 1. The first kappa shape index (κ1) is 22.0. The summed E-state index contributed by atoms with van der Waals surface area (Å²) in [6, 6.07) is 9.88. The minimum absolute atomic E-state index is 0.0217. The number of fused-ring (bicyclic) bond motifs is 1. The van der Waals surface area contributed by atoms with Crippen molar-refractivity contribution in [1.29, 1.82) is 0 Å². The Morgan fingerprint density at radius 1 is 1.06 bits per heavy atom. The van der Waals surface area contributed by atoms with Gasteiger partial charge in [0, 0.05) is 32.1 Å². The Labute approximate surface area is 198 Å². The summed E-state index contributed by atoms with van der Waals surface area (Å²) in [7, 11) is 0. The summed E-state index contributed by atoms with van der Waals surface area (Å²) < 4.78 is 52.6. The maximum absolute atomic E-state index is 13.7. The van der Waals surface area contributed by atoms with E-state index in [0.29, 0.717) is 25.9 Å². The van der Waals surface area contributed by atoms with Crippen LogP contribution in [0.2, 0.25) is 0 Å². The topological polar surface area (TPSA) is 84.6 Å². The molecule has 3 aliphatic rings. The maximum atomic E-state index is 13.7. The zero-order valence-electron chi connectivity index (χ0n) is 18.6. The first-order valence-corrected chi connectivity index (χ1v) is 11.5. The fraction of sp³-hybridized carbons (Fsp3) is 0.417. The molecule has 0 aliphatic carbocycles. The Hall–Kier alpha value is -3.47. The standard InChI is InChI=1S/C24H22F3N5O3/c25-24(26,27)19-16(20-28-10-13-34-20)14-29-22(30-19)31-11-8-23(9-12-31)21(33)32-17(6-7-18(32)35-23)15-4-2-1-3-5-15/h1-5,10,13-14,17-18H,6-9,11-12H2/t17-,18+/m0/s1. The van der Waals surface area contributed by atoms with Crippen LogP contribution in [0.5, 0.6) is 0 Å². The highest BCUT2D eigenvalue weighted by atomic mass is 19.4. The second-order valence-corrected chi connectivity index (χ2v) is 9.04. The Kier molecular flexibility index (Phi) is 5.06. The molecule has 3 aromatic rings. The Morgan fingerprint density at radius 3 is 2.51 bits per heavy atom. The number of hydrogen-bond acceptors (Lipinski definition) is 7. The summed E-state index contributed by atoms with van der Waals surface area (Å²) in [4.78, 5) is 28.8. The van der Waals surface area contributed by atoms with E-state index >= 15 is 0 Å². The van der Waals surface area contributed by atoms with Crippen LogP contribution in [0.15, 0.2) is 53.4 Å². The third-order valence-electron chi connectivity index (χ3n) is 7.06. The van der Waals surface area contributed by atoms with Gasteiger partial charge in [-0.05, 0) is 18.4 Å². The van der Waals surface area contributed by atoms with E-state index in [1.807, 2.05) is 35.2 Å². The molecule has 1 aromatic carbocycles. The number of rotatable bonds is 3. The van der Waals surface area contributed by atoms with Gasteiger partial charge in [-0.3, -0.25) is 4.79 Å². The van der Waals surface area contributed by atoms with Gasteiger partial charge in [-0.1, -0.05) is 30.3 Å². The van der Waals surface area contributed by atoms with E-state index in [2.05, 4.69) is 15.0 Å². The molecule has 3 saturated heterocycles. The van der Waals surface area contributed by atoms with Gasteiger partial charge in [-0.25, -0.2) is 15.0 Å². The van der Waals surface area contributed by atoms with E-state index < -0.39 is 17.5 Å². The lowest BCUT2D eigenvalue weighted by atomic mass is 9.89. The van der Waals surface area contributed by atoms with Gasteiger partial charge in [0.25, 0.3) is 5.91 Å². The molecular weight excluding hydrogens is 463 g/mol. The first-order chi connectivity index (χ1) is 16.9. The Balaban J connectivity index is 1.21. The molecule has 1 spiro atoms. The number of ether oxygens (including phenoxy) is 1. The highest BCUT2D eigenvalue weighted by molar-refractivity contribution is 5.88. The van der Waals surface area contributed by atoms with E-state index in [4.69, 9.17) is 9.15 Å². The van der Waals surface area contributed by atoms with E-state index in [-0.39, 0.29) is 35.6 Å². The van der Waals surface area contributed by atoms with Crippen LogP contribution in [0.25, 0.3) is 11.5 Å². The minimum atomic E-state index is -4.71. The van der Waals surface area contributed by atoms with Crippen molar-refractivity contribution < 1.29 is 27.1 Å². The molecule has 35 heavy (non-hydrogen) atoms. The number of hydrogen-bond donors (Lipinski definition) is 0. The summed E-state index contributed by atoms with van der Waals surface area (Å²) in [6.45, 7) is 0.607. The summed E-state index contributed by atoms with van der Waals surface area (Å²) in [5.74, 6) is -0.278. The van der Waals surface area contributed by atoms with Crippen LogP contribution < -0.4 is 4.90 Å². The number of amides is 1. The van der Waals surface area contributed by atoms with Gasteiger partial charge in [0.15, 0.2) is 11.3 Å². The third-order valence-corrected chi connectivity index (χ3v) is 7.06. The van der Waals surface area contributed by atoms with Gasteiger partial charge in [0.2, 0.25) is 11.8 Å². The van der Waals surface area contributed by atoms with Crippen molar-refractivity contribution in [3.63, 3.8) is 0 Å². The van der Waals surface area contributed by atoms with E-state index in [9.17, 15) is 18.0 Å². The maximum Gasteiger partial charge on any atom is 0.434 e. The van der Waals surface area contributed by atoms with Crippen LogP contribution in [0.4, 0.5) is 19.1 Å². The monoisotopic (exact) mass is 485 g/mol. The van der Waals surface area contributed by atoms with Gasteiger partial charge >= 0.3 is 6.18 Å². The predicted octanol–water partition coefficient (Wildman–Crippen LogP) is 4.21. The van der Waals surface area contributed by atoms with E-state index in [1.165, 1.54) is 12.5 Å². The molecule has 5 heterocycles.